The maximum absolute atomic E-state index is 13.6. The van der Waals surface area contributed by atoms with Gasteiger partial charge in [0.2, 0.25) is 17.7 Å². The summed E-state index contributed by atoms with van der Waals surface area (Å²) in [6.07, 6.45) is -1.43. The maximum atomic E-state index is 13.6. The zero-order valence-corrected chi connectivity index (χ0v) is 33.9. The number of nitrogens with one attached hydrogen (secondary N) is 2. The number of nitrogens with zero attached hydrogens (tertiary/aromatic N) is 8. The number of halogens is 3. The average molecular weight is 871 g/mol. The van der Waals surface area contributed by atoms with E-state index in [1.54, 1.807) is 51.0 Å². The number of rotatable bonds is 10. The van der Waals surface area contributed by atoms with Crippen molar-refractivity contribution in [2.24, 2.45) is 5.41 Å². The maximum Gasteiger partial charge on any atom is 0.433 e. The summed E-state index contributed by atoms with van der Waals surface area (Å²) >= 11 is 0. The Hall–Kier alpha value is -7.06. The second-order valence-electron chi connectivity index (χ2n) is 16.4. The molecule has 21 heteroatoms. The second kappa shape index (κ2) is 15.7. The quantitative estimate of drug-likeness (QED) is 0.222. The first-order chi connectivity index (χ1) is 30.1. The Morgan fingerprint density at radius 2 is 1.68 bits per heavy atom. The fourth-order valence-corrected chi connectivity index (χ4v) is 9.10. The Balaban J connectivity index is 0.756. The summed E-state index contributed by atoms with van der Waals surface area (Å²) in [5, 5.41) is 9.95. The number of ether oxygens (including phenoxy) is 1. The third kappa shape index (κ3) is 7.64. The number of imide groups is 2. The summed E-state index contributed by atoms with van der Waals surface area (Å²) in [7, 11) is 1.38. The van der Waals surface area contributed by atoms with E-state index in [1.807, 2.05) is 0 Å². The van der Waals surface area contributed by atoms with Gasteiger partial charge >= 0.3 is 12.2 Å². The molecule has 4 saturated heterocycles. The van der Waals surface area contributed by atoms with Crippen molar-refractivity contribution in [1.29, 1.82) is 0 Å². The van der Waals surface area contributed by atoms with E-state index in [4.69, 9.17) is 4.74 Å². The summed E-state index contributed by atoms with van der Waals surface area (Å²) in [5.74, 6) is -2.97. The fourth-order valence-electron chi connectivity index (χ4n) is 9.10. The molecule has 0 saturated carbocycles. The minimum Gasteiger partial charge on any atom is -0.494 e. The highest BCUT2D eigenvalue weighted by atomic mass is 19.4. The standard InChI is InChI=1S/C42H41F3N10O8/c1-63-31-19-27-24(18-28(31)47-36(58)26-5-3-7-32(46-26)42(43,44)45)20-54(49-27)17-16-51-14-15-52(40(51)62)21-34(57)50-12-10-41(11-13-50)22-53(23-41)29-6-2-4-25-35(29)39(61)55(38(25)60)30-8-9-33(56)48-37(30)59/h2-7,18-20,30H,8-17,21-23H2,1H3,(H,47,58)(H,48,56,59). The summed E-state index contributed by atoms with van der Waals surface area (Å²) < 4.78 is 46.5. The van der Waals surface area contributed by atoms with Crippen LogP contribution >= 0.6 is 0 Å². The zero-order chi connectivity index (χ0) is 44.4. The Kier molecular flexibility index (Phi) is 10.3. The molecule has 0 aliphatic carbocycles. The lowest BCUT2D eigenvalue weighted by Gasteiger charge is -2.55. The summed E-state index contributed by atoms with van der Waals surface area (Å²) in [4.78, 5) is 102. The largest absolute Gasteiger partial charge is 0.494 e. The minimum absolute atomic E-state index is 0.0378. The fraction of sp³-hybridized carbons (Fsp3) is 0.405. The van der Waals surface area contributed by atoms with Crippen molar-refractivity contribution >= 4 is 63.8 Å². The van der Waals surface area contributed by atoms with E-state index in [-0.39, 0.29) is 59.3 Å². The molecule has 0 bridgehead atoms. The summed E-state index contributed by atoms with van der Waals surface area (Å²) in [6, 6.07) is 9.99. The number of fused-ring (bicyclic) bond motifs is 2. The molecule has 5 aliphatic heterocycles. The molecule has 1 atom stereocenters. The topological polar surface area (TPSA) is 200 Å². The number of benzene rings is 2. The summed E-state index contributed by atoms with van der Waals surface area (Å²) in [5.41, 5.74) is 0.137. The van der Waals surface area contributed by atoms with Crippen LogP contribution in [0.2, 0.25) is 0 Å². The van der Waals surface area contributed by atoms with E-state index in [1.165, 1.54) is 18.1 Å². The molecule has 2 aromatic heterocycles. The van der Waals surface area contributed by atoms with Crippen molar-refractivity contribution in [2.45, 2.75) is 44.4 Å². The predicted molar refractivity (Wildman–Crippen MR) is 216 cm³/mol. The predicted octanol–water partition coefficient (Wildman–Crippen LogP) is 2.98. The van der Waals surface area contributed by atoms with E-state index in [9.17, 15) is 46.7 Å². The second-order valence-corrected chi connectivity index (χ2v) is 16.4. The monoisotopic (exact) mass is 870 g/mol. The molecule has 1 unspecified atom stereocenters. The highest BCUT2D eigenvalue weighted by molar-refractivity contribution is 6.25. The van der Waals surface area contributed by atoms with Crippen molar-refractivity contribution in [2.75, 3.05) is 69.7 Å². The molecule has 4 fully saturated rings. The van der Waals surface area contributed by atoms with E-state index in [0.717, 1.165) is 29.9 Å². The van der Waals surface area contributed by atoms with E-state index in [0.29, 0.717) is 68.9 Å². The van der Waals surface area contributed by atoms with Gasteiger partial charge in [-0.25, -0.2) is 9.78 Å². The van der Waals surface area contributed by atoms with Crippen LogP contribution in [0.5, 0.6) is 5.75 Å². The lowest BCUT2D eigenvalue weighted by atomic mass is 9.71. The number of urea groups is 1. The number of likely N-dealkylation sites (tertiary alicyclic amines) is 1. The summed E-state index contributed by atoms with van der Waals surface area (Å²) in [6.45, 7) is 3.65. The molecular formula is C42H41F3N10O8. The third-order valence-electron chi connectivity index (χ3n) is 12.5. The number of piperidine rings is 2. The van der Waals surface area contributed by atoms with Gasteiger partial charge in [-0.2, -0.15) is 18.3 Å². The van der Waals surface area contributed by atoms with Gasteiger partial charge in [-0.3, -0.25) is 43.7 Å². The number of hydrogen-bond acceptors (Lipinski definition) is 11. The number of pyridine rings is 1. The van der Waals surface area contributed by atoms with Crippen LogP contribution in [0.3, 0.4) is 0 Å². The number of methoxy groups -OCH3 is 1. The Morgan fingerprint density at radius 3 is 2.41 bits per heavy atom. The van der Waals surface area contributed by atoms with Crippen molar-refractivity contribution in [3.8, 4) is 5.75 Å². The van der Waals surface area contributed by atoms with Crippen LogP contribution in [-0.4, -0.2) is 141 Å². The Bertz CT molecular complexity index is 2600. The molecule has 2 aromatic carbocycles. The van der Waals surface area contributed by atoms with Crippen LogP contribution in [0.4, 0.5) is 29.3 Å². The van der Waals surface area contributed by atoms with Crippen LogP contribution in [0.25, 0.3) is 10.9 Å². The van der Waals surface area contributed by atoms with Crippen LogP contribution < -0.4 is 20.3 Å². The first kappa shape index (κ1) is 41.3. The van der Waals surface area contributed by atoms with Crippen LogP contribution in [-0.2, 0) is 27.1 Å². The van der Waals surface area contributed by atoms with E-state index < -0.39 is 53.1 Å². The van der Waals surface area contributed by atoms with E-state index in [2.05, 4.69) is 25.6 Å². The highest BCUT2D eigenvalue weighted by Gasteiger charge is 2.50. The van der Waals surface area contributed by atoms with Gasteiger partial charge in [0.15, 0.2) is 0 Å². The number of alkyl halides is 3. The van der Waals surface area contributed by atoms with Crippen molar-refractivity contribution in [1.82, 2.24) is 39.7 Å². The molecule has 8 amide bonds. The third-order valence-corrected chi connectivity index (χ3v) is 12.5. The number of hydrogen-bond donors (Lipinski definition) is 2. The van der Waals surface area contributed by atoms with Crippen LogP contribution in [0, 0.1) is 5.41 Å². The number of anilines is 2. The van der Waals surface area contributed by atoms with Gasteiger partial charge in [0.1, 0.15) is 29.7 Å². The van der Waals surface area contributed by atoms with Gasteiger partial charge in [0.25, 0.3) is 17.7 Å². The van der Waals surface area contributed by atoms with Gasteiger partial charge in [0, 0.05) is 75.3 Å². The van der Waals surface area contributed by atoms with Crippen LogP contribution in [0.1, 0.15) is 62.6 Å². The molecule has 18 nitrogen and oxygen atoms in total. The number of amides is 8. The normalized spacial score (nSPS) is 19.8. The van der Waals surface area contributed by atoms with Crippen molar-refractivity contribution in [3.63, 3.8) is 0 Å². The van der Waals surface area contributed by atoms with Gasteiger partial charge in [-0.15, -0.1) is 0 Å². The van der Waals surface area contributed by atoms with Gasteiger partial charge in [0.05, 0.1) is 41.7 Å². The minimum atomic E-state index is -4.71. The molecule has 5 aliphatic rings. The molecule has 1 spiro atoms. The molecule has 63 heavy (non-hydrogen) atoms. The SMILES string of the molecule is COc1cc2nn(CCN3CCN(CC(=O)N4CCC5(CC4)CN(c4cccc6c4C(=O)N(C4CCC(=O)NC4=O)C6=O)C5)C3=O)cc2cc1NC(=O)c1cccc(C(F)(F)F)n1. The molecule has 328 valence electrons. The van der Waals surface area contributed by atoms with Crippen LogP contribution in [0.15, 0.2) is 54.7 Å². The van der Waals surface area contributed by atoms with Crippen molar-refractivity contribution in [3.05, 3.63) is 77.2 Å². The molecule has 0 radical (unpaired) electrons. The van der Waals surface area contributed by atoms with Gasteiger partial charge < -0.3 is 29.7 Å². The molecule has 9 rings (SSSR count). The molecular weight excluding hydrogens is 830 g/mol. The molecule has 7 heterocycles. The Labute approximate surface area is 356 Å². The van der Waals surface area contributed by atoms with E-state index >= 15 is 0 Å². The number of aromatic nitrogens is 3. The first-order valence-corrected chi connectivity index (χ1v) is 20.4. The highest BCUT2D eigenvalue weighted by Crippen LogP contribution is 2.45. The molecule has 4 aromatic rings. The smallest absolute Gasteiger partial charge is 0.433 e. The molecule has 2 N–H and O–H groups in total. The lowest BCUT2D eigenvalue weighted by molar-refractivity contribution is -0.141. The van der Waals surface area contributed by atoms with Crippen molar-refractivity contribution < 1.29 is 51.5 Å². The Morgan fingerprint density at radius 1 is 0.937 bits per heavy atom. The first-order valence-electron chi connectivity index (χ1n) is 20.4. The van der Waals surface area contributed by atoms with Gasteiger partial charge in [-0.05, 0) is 49.6 Å². The van der Waals surface area contributed by atoms with Gasteiger partial charge in [-0.1, -0.05) is 12.1 Å². The lowest BCUT2D eigenvalue weighted by Crippen LogP contribution is -2.61. The number of carbonyl (C=O) groups excluding carboxylic acids is 7. The average Bonchev–Trinajstić information content (AvgIpc) is 3.90. The number of carbonyl (C=O) groups is 7. The zero-order valence-electron chi connectivity index (χ0n) is 33.9.